The third kappa shape index (κ3) is 2.77. The monoisotopic (exact) mass is 333 g/mol. The highest BCUT2D eigenvalue weighted by atomic mass is 16.5. The van der Waals surface area contributed by atoms with Gasteiger partial charge in [-0.15, -0.1) is 0 Å². The van der Waals surface area contributed by atoms with Gasteiger partial charge in [-0.2, -0.15) is 0 Å². The molecule has 5 rings (SSSR count). The van der Waals surface area contributed by atoms with Crippen LogP contribution in [0.2, 0.25) is 0 Å². The number of nitrogens with one attached hydrogen (secondary N) is 1. The fourth-order valence-corrected chi connectivity index (χ4v) is 5.16. The van der Waals surface area contributed by atoms with Gasteiger partial charge in [0.2, 0.25) is 0 Å². The SMILES string of the molecule is c1ccc(NC2O[C@@H]3CCCC[C@@H]3c3ccc4c(c32)CCCC4)cc1. The van der Waals surface area contributed by atoms with Gasteiger partial charge in [0.15, 0.2) is 6.23 Å². The molecule has 1 unspecified atom stereocenters. The number of anilines is 1. The molecule has 1 heterocycles. The second kappa shape index (κ2) is 6.49. The van der Waals surface area contributed by atoms with Crippen molar-refractivity contribution >= 4 is 5.69 Å². The van der Waals surface area contributed by atoms with E-state index in [2.05, 4.69) is 47.8 Å². The van der Waals surface area contributed by atoms with Crippen molar-refractivity contribution in [1.82, 2.24) is 0 Å². The quantitative estimate of drug-likeness (QED) is 0.757. The summed E-state index contributed by atoms with van der Waals surface area (Å²) in [6.07, 6.45) is 10.6. The smallest absolute Gasteiger partial charge is 0.154 e. The van der Waals surface area contributed by atoms with E-state index >= 15 is 0 Å². The Balaban J connectivity index is 1.59. The van der Waals surface area contributed by atoms with Crippen LogP contribution >= 0.6 is 0 Å². The van der Waals surface area contributed by atoms with E-state index in [1.165, 1.54) is 56.9 Å². The zero-order valence-electron chi connectivity index (χ0n) is 14.8. The molecule has 3 atom stereocenters. The normalized spacial score (nSPS) is 27.8. The first-order chi connectivity index (χ1) is 12.4. The van der Waals surface area contributed by atoms with Crippen molar-refractivity contribution in [2.24, 2.45) is 0 Å². The van der Waals surface area contributed by atoms with Crippen LogP contribution in [0.3, 0.4) is 0 Å². The lowest BCUT2D eigenvalue weighted by Gasteiger charge is -2.43. The van der Waals surface area contributed by atoms with Gasteiger partial charge in [-0.25, -0.2) is 0 Å². The molecule has 130 valence electrons. The lowest BCUT2D eigenvalue weighted by Crippen LogP contribution is -2.37. The van der Waals surface area contributed by atoms with E-state index in [4.69, 9.17) is 4.74 Å². The van der Waals surface area contributed by atoms with Gasteiger partial charge in [-0.05, 0) is 67.3 Å². The Morgan fingerprint density at radius 2 is 1.68 bits per heavy atom. The molecule has 1 aliphatic heterocycles. The first kappa shape index (κ1) is 15.5. The molecule has 1 N–H and O–H groups in total. The number of para-hydroxylation sites is 1. The Kier molecular flexibility index (Phi) is 4.01. The van der Waals surface area contributed by atoms with Crippen LogP contribution in [0.15, 0.2) is 42.5 Å². The second-order valence-corrected chi connectivity index (χ2v) is 7.87. The molecule has 2 heteroatoms. The minimum atomic E-state index is 0.00444. The van der Waals surface area contributed by atoms with Crippen LogP contribution < -0.4 is 5.32 Å². The summed E-state index contributed by atoms with van der Waals surface area (Å²) in [5.41, 5.74) is 7.35. The number of hydrogen-bond donors (Lipinski definition) is 1. The highest BCUT2D eigenvalue weighted by Gasteiger charge is 2.39. The van der Waals surface area contributed by atoms with Gasteiger partial charge in [0, 0.05) is 17.2 Å². The molecule has 2 aromatic rings. The van der Waals surface area contributed by atoms with Crippen molar-refractivity contribution in [2.45, 2.75) is 69.6 Å². The molecule has 0 amide bonds. The standard InChI is InChI=1S/C23H27NO/c1-2-9-17(10-3-1)24-23-22-18-11-5-4-8-16(18)14-15-20(22)19-12-6-7-13-21(19)25-23/h1-3,9-10,14-15,19,21,23-24H,4-8,11-13H2/t19-,21-,23?/m1/s1. The predicted octanol–water partition coefficient (Wildman–Crippen LogP) is 5.73. The molecule has 2 aliphatic carbocycles. The third-order valence-corrected chi connectivity index (χ3v) is 6.36. The van der Waals surface area contributed by atoms with Crippen molar-refractivity contribution in [3.8, 4) is 0 Å². The number of benzene rings is 2. The number of ether oxygens (including phenoxy) is 1. The van der Waals surface area contributed by atoms with Crippen LogP contribution in [0.1, 0.15) is 72.9 Å². The van der Waals surface area contributed by atoms with Crippen molar-refractivity contribution in [3.63, 3.8) is 0 Å². The lowest BCUT2D eigenvalue weighted by atomic mass is 9.74. The third-order valence-electron chi connectivity index (χ3n) is 6.36. The fourth-order valence-electron chi connectivity index (χ4n) is 5.16. The Labute approximate surface area is 150 Å². The maximum atomic E-state index is 6.68. The highest BCUT2D eigenvalue weighted by molar-refractivity contribution is 5.52. The van der Waals surface area contributed by atoms with E-state index in [1.54, 1.807) is 16.7 Å². The highest BCUT2D eigenvalue weighted by Crippen LogP contribution is 2.47. The van der Waals surface area contributed by atoms with Crippen LogP contribution in [-0.4, -0.2) is 6.10 Å². The van der Waals surface area contributed by atoms with E-state index in [9.17, 15) is 0 Å². The molecule has 25 heavy (non-hydrogen) atoms. The van der Waals surface area contributed by atoms with Crippen LogP contribution in [0.4, 0.5) is 5.69 Å². The Hall–Kier alpha value is -1.80. The summed E-state index contributed by atoms with van der Waals surface area (Å²) < 4.78 is 6.68. The molecule has 0 spiro atoms. The average molecular weight is 333 g/mol. The van der Waals surface area contributed by atoms with E-state index < -0.39 is 0 Å². The molecule has 2 nitrogen and oxygen atoms in total. The number of aryl methyl sites for hydroxylation is 1. The molecule has 1 fully saturated rings. The van der Waals surface area contributed by atoms with Crippen molar-refractivity contribution in [3.05, 3.63) is 64.7 Å². The summed E-state index contributed by atoms with van der Waals surface area (Å²) in [7, 11) is 0. The Morgan fingerprint density at radius 1 is 0.840 bits per heavy atom. The second-order valence-electron chi connectivity index (χ2n) is 7.87. The Morgan fingerprint density at radius 3 is 2.60 bits per heavy atom. The maximum absolute atomic E-state index is 6.68. The van der Waals surface area contributed by atoms with E-state index in [-0.39, 0.29) is 6.23 Å². The molecule has 0 bridgehead atoms. The van der Waals surface area contributed by atoms with Crippen molar-refractivity contribution in [2.75, 3.05) is 5.32 Å². The summed E-state index contributed by atoms with van der Waals surface area (Å²) >= 11 is 0. The largest absolute Gasteiger partial charge is 0.356 e. The first-order valence-electron chi connectivity index (χ1n) is 10.0. The summed E-state index contributed by atoms with van der Waals surface area (Å²) in [5, 5.41) is 3.70. The van der Waals surface area contributed by atoms with Gasteiger partial charge in [0.1, 0.15) is 0 Å². The maximum Gasteiger partial charge on any atom is 0.154 e. The zero-order valence-corrected chi connectivity index (χ0v) is 14.8. The van der Waals surface area contributed by atoms with E-state index in [0.717, 1.165) is 5.69 Å². The average Bonchev–Trinajstić information content (AvgIpc) is 2.68. The van der Waals surface area contributed by atoms with Crippen LogP contribution in [0.5, 0.6) is 0 Å². The minimum Gasteiger partial charge on any atom is -0.356 e. The van der Waals surface area contributed by atoms with Gasteiger partial charge in [0.25, 0.3) is 0 Å². The predicted molar refractivity (Wildman–Crippen MR) is 102 cm³/mol. The van der Waals surface area contributed by atoms with E-state index in [0.29, 0.717) is 12.0 Å². The molecule has 2 aromatic carbocycles. The fraction of sp³-hybridized carbons (Fsp3) is 0.478. The summed E-state index contributed by atoms with van der Waals surface area (Å²) in [5.74, 6) is 0.602. The molecule has 0 aromatic heterocycles. The molecular formula is C23H27NO. The van der Waals surface area contributed by atoms with Gasteiger partial charge in [0.05, 0.1) is 6.10 Å². The van der Waals surface area contributed by atoms with Crippen LogP contribution in [-0.2, 0) is 17.6 Å². The van der Waals surface area contributed by atoms with Crippen molar-refractivity contribution < 1.29 is 4.74 Å². The lowest BCUT2D eigenvalue weighted by molar-refractivity contribution is -0.0449. The summed E-state index contributed by atoms with van der Waals surface area (Å²) in [6, 6.07) is 15.4. The molecule has 1 saturated carbocycles. The number of rotatable bonds is 2. The summed E-state index contributed by atoms with van der Waals surface area (Å²) in [6.45, 7) is 0. The summed E-state index contributed by atoms with van der Waals surface area (Å²) in [4.78, 5) is 0. The first-order valence-corrected chi connectivity index (χ1v) is 10.0. The van der Waals surface area contributed by atoms with Gasteiger partial charge in [-0.3, -0.25) is 0 Å². The zero-order chi connectivity index (χ0) is 16.6. The minimum absolute atomic E-state index is 0.00444. The molecule has 0 radical (unpaired) electrons. The number of fused-ring (bicyclic) bond motifs is 5. The van der Waals surface area contributed by atoms with Gasteiger partial charge < -0.3 is 10.1 Å². The van der Waals surface area contributed by atoms with Gasteiger partial charge >= 0.3 is 0 Å². The van der Waals surface area contributed by atoms with E-state index in [1.807, 2.05) is 0 Å². The Bertz CT molecular complexity index is 754. The number of hydrogen-bond acceptors (Lipinski definition) is 2. The van der Waals surface area contributed by atoms with Crippen molar-refractivity contribution in [1.29, 1.82) is 0 Å². The molecule has 3 aliphatic rings. The van der Waals surface area contributed by atoms with Crippen LogP contribution in [0.25, 0.3) is 0 Å². The topological polar surface area (TPSA) is 21.3 Å². The molecule has 0 saturated heterocycles. The van der Waals surface area contributed by atoms with Crippen LogP contribution in [0, 0.1) is 0 Å². The van der Waals surface area contributed by atoms with Gasteiger partial charge in [-0.1, -0.05) is 43.2 Å². The molecular weight excluding hydrogens is 306 g/mol.